The van der Waals surface area contributed by atoms with E-state index in [1.165, 1.54) is 0 Å². The van der Waals surface area contributed by atoms with Gasteiger partial charge in [0, 0.05) is 24.7 Å². The Morgan fingerprint density at radius 3 is 2.52 bits per heavy atom. The first-order valence-corrected chi connectivity index (χ1v) is 7.73. The molecule has 0 spiro atoms. The van der Waals surface area contributed by atoms with Gasteiger partial charge in [-0.3, -0.25) is 4.90 Å². The molecule has 0 aliphatic carbocycles. The van der Waals surface area contributed by atoms with E-state index in [1.807, 2.05) is 26.0 Å². The lowest BCUT2D eigenvalue weighted by Gasteiger charge is -2.43. The van der Waals surface area contributed by atoms with Gasteiger partial charge in [-0.1, -0.05) is 12.1 Å². The summed E-state index contributed by atoms with van der Waals surface area (Å²) in [5.74, 6) is 0.896. The second-order valence-corrected chi connectivity index (χ2v) is 6.65. The van der Waals surface area contributed by atoms with Gasteiger partial charge in [0.2, 0.25) is 0 Å². The summed E-state index contributed by atoms with van der Waals surface area (Å²) in [5, 5.41) is 0. The Kier molecular flexibility index (Phi) is 5.25. The number of hydrogen-bond donors (Lipinski definition) is 1. The predicted octanol–water partition coefficient (Wildman–Crippen LogP) is 2.58. The standard InChI is InChI=1S/C17H28N2O2/c1-13(2)21-15-7-5-14(6-8-15)16(18)11-19-9-10-20-12-17(19,3)4/h5-8,13,16H,9-12,18H2,1-4H3. The number of benzene rings is 1. The molecule has 4 heteroatoms. The maximum Gasteiger partial charge on any atom is 0.119 e. The molecule has 0 radical (unpaired) electrons. The van der Waals surface area contributed by atoms with E-state index in [2.05, 4.69) is 30.9 Å². The fourth-order valence-corrected chi connectivity index (χ4v) is 2.64. The Morgan fingerprint density at radius 1 is 1.29 bits per heavy atom. The molecule has 1 fully saturated rings. The second-order valence-electron chi connectivity index (χ2n) is 6.65. The van der Waals surface area contributed by atoms with E-state index in [0.29, 0.717) is 0 Å². The minimum Gasteiger partial charge on any atom is -0.491 e. The van der Waals surface area contributed by atoms with Crippen LogP contribution < -0.4 is 10.5 Å². The molecule has 1 aromatic carbocycles. The Hall–Kier alpha value is -1.10. The number of nitrogens with two attached hydrogens (primary N) is 1. The lowest BCUT2D eigenvalue weighted by molar-refractivity contribution is -0.0531. The van der Waals surface area contributed by atoms with Crippen LogP contribution >= 0.6 is 0 Å². The Bertz CT molecular complexity index is 443. The third-order valence-corrected chi connectivity index (χ3v) is 3.91. The van der Waals surface area contributed by atoms with Crippen LogP contribution in [0.15, 0.2) is 24.3 Å². The third-order valence-electron chi connectivity index (χ3n) is 3.91. The summed E-state index contributed by atoms with van der Waals surface area (Å²) in [6, 6.07) is 8.14. The van der Waals surface area contributed by atoms with E-state index in [4.69, 9.17) is 15.2 Å². The second kappa shape index (κ2) is 6.77. The predicted molar refractivity (Wildman–Crippen MR) is 85.6 cm³/mol. The van der Waals surface area contributed by atoms with Crippen LogP contribution in [0.2, 0.25) is 0 Å². The van der Waals surface area contributed by atoms with Gasteiger partial charge >= 0.3 is 0 Å². The van der Waals surface area contributed by atoms with Gasteiger partial charge < -0.3 is 15.2 Å². The van der Waals surface area contributed by atoms with Crippen molar-refractivity contribution in [1.29, 1.82) is 0 Å². The lowest BCUT2D eigenvalue weighted by atomic mass is 9.99. The van der Waals surface area contributed by atoms with Gasteiger partial charge in [0.25, 0.3) is 0 Å². The largest absolute Gasteiger partial charge is 0.491 e. The van der Waals surface area contributed by atoms with Crippen molar-refractivity contribution >= 4 is 0 Å². The van der Waals surface area contributed by atoms with Gasteiger partial charge in [0.05, 0.1) is 19.3 Å². The summed E-state index contributed by atoms with van der Waals surface area (Å²) < 4.78 is 11.2. The molecule has 0 saturated carbocycles. The van der Waals surface area contributed by atoms with Crippen molar-refractivity contribution in [3.63, 3.8) is 0 Å². The van der Waals surface area contributed by atoms with Crippen molar-refractivity contribution in [2.45, 2.75) is 45.4 Å². The number of hydrogen-bond acceptors (Lipinski definition) is 4. The van der Waals surface area contributed by atoms with E-state index < -0.39 is 0 Å². The summed E-state index contributed by atoms with van der Waals surface area (Å²) in [4.78, 5) is 2.42. The molecule has 1 aliphatic rings. The van der Waals surface area contributed by atoms with Crippen LogP contribution in [0.3, 0.4) is 0 Å². The molecule has 2 rings (SSSR count). The lowest BCUT2D eigenvalue weighted by Crippen LogP contribution is -2.54. The molecule has 4 nitrogen and oxygen atoms in total. The highest BCUT2D eigenvalue weighted by Crippen LogP contribution is 2.23. The van der Waals surface area contributed by atoms with Gasteiger partial charge in [-0.2, -0.15) is 0 Å². The highest BCUT2D eigenvalue weighted by molar-refractivity contribution is 5.29. The monoisotopic (exact) mass is 292 g/mol. The van der Waals surface area contributed by atoms with Crippen molar-refractivity contribution in [1.82, 2.24) is 4.90 Å². The van der Waals surface area contributed by atoms with Gasteiger partial charge in [0.1, 0.15) is 5.75 Å². The fourth-order valence-electron chi connectivity index (χ4n) is 2.64. The summed E-state index contributed by atoms with van der Waals surface area (Å²) in [6.07, 6.45) is 0.193. The molecule has 1 saturated heterocycles. The molecule has 118 valence electrons. The van der Waals surface area contributed by atoms with Crippen molar-refractivity contribution in [3.8, 4) is 5.75 Å². The van der Waals surface area contributed by atoms with Crippen molar-refractivity contribution in [2.75, 3.05) is 26.3 Å². The maximum absolute atomic E-state index is 6.37. The molecule has 21 heavy (non-hydrogen) atoms. The average Bonchev–Trinajstić information content (AvgIpc) is 2.41. The minimum atomic E-state index is 0.00970. The molecule has 0 amide bonds. The fraction of sp³-hybridized carbons (Fsp3) is 0.647. The first kappa shape index (κ1) is 16.3. The van der Waals surface area contributed by atoms with Crippen LogP contribution in [0.5, 0.6) is 5.75 Å². The van der Waals surface area contributed by atoms with Crippen molar-refractivity contribution in [2.24, 2.45) is 5.73 Å². The highest BCUT2D eigenvalue weighted by atomic mass is 16.5. The molecule has 0 bridgehead atoms. The zero-order chi connectivity index (χ0) is 15.5. The zero-order valence-electron chi connectivity index (χ0n) is 13.6. The molecular formula is C17H28N2O2. The van der Waals surface area contributed by atoms with Crippen LogP contribution in [0.1, 0.15) is 39.3 Å². The number of morpholine rings is 1. The molecule has 0 aromatic heterocycles. The zero-order valence-corrected chi connectivity index (χ0v) is 13.6. The van der Waals surface area contributed by atoms with Gasteiger partial charge in [-0.05, 0) is 45.4 Å². The van der Waals surface area contributed by atoms with Crippen LogP contribution in [0, 0.1) is 0 Å². The molecule has 1 aliphatic heterocycles. The molecule has 1 heterocycles. The average molecular weight is 292 g/mol. The quantitative estimate of drug-likeness (QED) is 0.906. The van der Waals surface area contributed by atoms with Crippen molar-refractivity contribution < 1.29 is 9.47 Å². The topological polar surface area (TPSA) is 47.7 Å². The van der Waals surface area contributed by atoms with Crippen LogP contribution in [0.4, 0.5) is 0 Å². The third kappa shape index (κ3) is 4.43. The van der Waals surface area contributed by atoms with E-state index >= 15 is 0 Å². The number of rotatable bonds is 5. The Balaban J connectivity index is 1.98. The molecule has 1 aromatic rings. The van der Waals surface area contributed by atoms with Crippen LogP contribution in [0.25, 0.3) is 0 Å². The van der Waals surface area contributed by atoms with E-state index in [0.717, 1.165) is 37.6 Å². The summed E-state index contributed by atoms with van der Waals surface area (Å²) in [5.41, 5.74) is 7.57. The van der Waals surface area contributed by atoms with E-state index in [1.54, 1.807) is 0 Å². The maximum atomic E-state index is 6.37. The first-order valence-electron chi connectivity index (χ1n) is 7.73. The normalized spacial score (nSPS) is 20.5. The van der Waals surface area contributed by atoms with Gasteiger partial charge in [0.15, 0.2) is 0 Å². The first-order chi connectivity index (χ1) is 9.88. The summed E-state index contributed by atoms with van der Waals surface area (Å²) in [7, 11) is 0. The molecule has 1 unspecified atom stereocenters. The molecule has 2 N–H and O–H groups in total. The van der Waals surface area contributed by atoms with Gasteiger partial charge in [-0.15, -0.1) is 0 Å². The molecule has 1 atom stereocenters. The summed E-state index contributed by atoms with van der Waals surface area (Å²) in [6.45, 7) is 11.8. The highest BCUT2D eigenvalue weighted by Gasteiger charge is 2.31. The SMILES string of the molecule is CC(C)Oc1ccc(C(N)CN2CCOCC2(C)C)cc1. The molecular weight excluding hydrogens is 264 g/mol. The Labute approximate surface area is 128 Å². The van der Waals surface area contributed by atoms with Crippen LogP contribution in [-0.2, 0) is 4.74 Å². The van der Waals surface area contributed by atoms with Crippen molar-refractivity contribution in [3.05, 3.63) is 29.8 Å². The Morgan fingerprint density at radius 2 is 1.95 bits per heavy atom. The smallest absolute Gasteiger partial charge is 0.119 e. The number of ether oxygens (including phenoxy) is 2. The van der Waals surface area contributed by atoms with E-state index in [-0.39, 0.29) is 17.7 Å². The number of nitrogens with zero attached hydrogens (tertiary/aromatic N) is 1. The van der Waals surface area contributed by atoms with Crippen LogP contribution in [-0.4, -0.2) is 42.8 Å². The summed E-state index contributed by atoms with van der Waals surface area (Å²) >= 11 is 0. The van der Waals surface area contributed by atoms with Gasteiger partial charge in [-0.25, -0.2) is 0 Å². The minimum absolute atomic E-state index is 0.00970. The van der Waals surface area contributed by atoms with E-state index in [9.17, 15) is 0 Å².